The van der Waals surface area contributed by atoms with Crippen LogP contribution in [0.5, 0.6) is 0 Å². The Morgan fingerprint density at radius 3 is 3.08 bits per heavy atom. The number of hydrogen-bond acceptors (Lipinski definition) is 3. The number of nitriles is 1. The number of aliphatic hydroxyl groups is 1. The van der Waals surface area contributed by atoms with Crippen LogP contribution in [0.2, 0.25) is 0 Å². The molecule has 0 aliphatic heterocycles. The maximum atomic E-state index is 9.62. The molecule has 0 radical (unpaired) electrons. The van der Waals surface area contributed by atoms with Crippen LogP contribution in [-0.4, -0.2) is 20.8 Å². The number of rotatable bonds is 1. The van der Waals surface area contributed by atoms with Crippen LogP contribution in [0, 0.1) is 11.3 Å². The minimum absolute atomic E-state index is 0.0529. The van der Waals surface area contributed by atoms with Crippen molar-refractivity contribution in [2.75, 3.05) is 0 Å². The molecular weight excluding hydrogens is 166 g/mol. The Kier molecular flexibility index (Phi) is 2.03. The monoisotopic (exact) mass is 177 g/mol. The third-order valence-corrected chi connectivity index (χ3v) is 2.57. The number of hydrogen-bond donors (Lipinski definition) is 1. The van der Waals surface area contributed by atoms with E-state index in [0.717, 1.165) is 19.3 Å². The summed E-state index contributed by atoms with van der Waals surface area (Å²) >= 11 is 0. The van der Waals surface area contributed by atoms with Gasteiger partial charge in [-0.05, 0) is 19.3 Å². The predicted molar refractivity (Wildman–Crippen MR) is 45.8 cm³/mol. The molecule has 4 heteroatoms. The van der Waals surface area contributed by atoms with E-state index >= 15 is 0 Å². The Balaban J connectivity index is 2.30. The van der Waals surface area contributed by atoms with E-state index in [1.54, 1.807) is 17.0 Å². The summed E-state index contributed by atoms with van der Waals surface area (Å²) in [7, 11) is 0. The number of nitrogens with zero attached hydrogens (tertiary/aromatic N) is 3. The summed E-state index contributed by atoms with van der Waals surface area (Å²) in [6.07, 6.45) is 5.83. The van der Waals surface area contributed by atoms with E-state index in [1.807, 2.05) is 6.07 Å². The van der Waals surface area contributed by atoms with E-state index in [-0.39, 0.29) is 12.1 Å². The van der Waals surface area contributed by atoms with Gasteiger partial charge < -0.3 is 9.67 Å². The smallest absolute Gasteiger partial charge is 0.213 e. The Morgan fingerprint density at radius 1 is 1.62 bits per heavy atom. The van der Waals surface area contributed by atoms with Gasteiger partial charge in [0.05, 0.1) is 12.1 Å². The summed E-state index contributed by atoms with van der Waals surface area (Å²) < 4.78 is 1.78. The second-order valence-corrected chi connectivity index (χ2v) is 3.34. The van der Waals surface area contributed by atoms with Gasteiger partial charge in [-0.3, -0.25) is 0 Å². The van der Waals surface area contributed by atoms with Crippen molar-refractivity contribution in [1.82, 2.24) is 9.55 Å². The molecule has 13 heavy (non-hydrogen) atoms. The molecule has 0 aromatic carbocycles. The predicted octanol–water partition coefficient (Wildman–Crippen LogP) is 0.841. The zero-order valence-corrected chi connectivity index (χ0v) is 7.22. The summed E-state index contributed by atoms with van der Waals surface area (Å²) in [4.78, 5) is 3.90. The van der Waals surface area contributed by atoms with Crippen molar-refractivity contribution >= 4 is 0 Å². The van der Waals surface area contributed by atoms with E-state index in [4.69, 9.17) is 5.26 Å². The molecule has 4 nitrogen and oxygen atoms in total. The number of aromatic nitrogens is 2. The topological polar surface area (TPSA) is 61.8 Å². The number of imidazole rings is 1. The fourth-order valence-electron chi connectivity index (χ4n) is 1.91. The molecule has 2 atom stereocenters. The van der Waals surface area contributed by atoms with Gasteiger partial charge in [-0.2, -0.15) is 5.26 Å². The Bertz CT molecular complexity index is 339. The van der Waals surface area contributed by atoms with E-state index < -0.39 is 0 Å². The molecule has 68 valence electrons. The Hall–Kier alpha value is -1.34. The molecule has 0 spiro atoms. The van der Waals surface area contributed by atoms with Crippen LogP contribution < -0.4 is 0 Å². The Morgan fingerprint density at radius 2 is 2.46 bits per heavy atom. The molecule has 2 rings (SSSR count). The maximum absolute atomic E-state index is 9.62. The summed E-state index contributed by atoms with van der Waals surface area (Å²) in [5.74, 6) is 0.394. The van der Waals surface area contributed by atoms with E-state index in [0.29, 0.717) is 5.82 Å². The normalized spacial score (nSPS) is 27.4. The first-order chi connectivity index (χ1) is 6.33. The largest absolute Gasteiger partial charge is 0.391 e. The van der Waals surface area contributed by atoms with Gasteiger partial charge in [0.15, 0.2) is 0 Å². The lowest BCUT2D eigenvalue weighted by atomic mass is 10.2. The molecule has 1 aliphatic carbocycles. The van der Waals surface area contributed by atoms with E-state index in [1.165, 1.54) is 0 Å². The van der Waals surface area contributed by atoms with Crippen LogP contribution in [0.15, 0.2) is 12.4 Å². The summed E-state index contributed by atoms with van der Waals surface area (Å²) in [5.41, 5.74) is 0. The Labute approximate surface area is 76.4 Å². The first-order valence-corrected chi connectivity index (χ1v) is 4.44. The quantitative estimate of drug-likeness (QED) is 0.691. The van der Waals surface area contributed by atoms with E-state index in [9.17, 15) is 5.11 Å². The van der Waals surface area contributed by atoms with Crippen molar-refractivity contribution in [3.63, 3.8) is 0 Å². The van der Waals surface area contributed by atoms with Gasteiger partial charge >= 0.3 is 0 Å². The SMILES string of the molecule is N#Cc1nccn1[C@H]1CCC[C@@H]1O. The van der Waals surface area contributed by atoms with Crippen molar-refractivity contribution in [1.29, 1.82) is 5.26 Å². The fourth-order valence-corrected chi connectivity index (χ4v) is 1.91. The molecule has 1 heterocycles. The van der Waals surface area contributed by atoms with Crippen LogP contribution in [0.4, 0.5) is 0 Å². The average molecular weight is 177 g/mol. The van der Waals surface area contributed by atoms with Gasteiger partial charge in [-0.1, -0.05) is 0 Å². The molecule has 0 amide bonds. The van der Waals surface area contributed by atoms with Gasteiger partial charge in [0, 0.05) is 12.4 Å². The van der Waals surface area contributed by atoms with Crippen LogP contribution in [-0.2, 0) is 0 Å². The third-order valence-electron chi connectivity index (χ3n) is 2.57. The molecule has 1 N–H and O–H groups in total. The second kappa shape index (κ2) is 3.19. The highest BCUT2D eigenvalue weighted by Gasteiger charge is 2.27. The second-order valence-electron chi connectivity index (χ2n) is 3.34. The van der Waals surface area contributed by atoms with Crippen molar-refractivity contribution in [3.8, 4) is 6.07 Å². The van der Waals surface area contributed by atoms with Gasteiger partial charge in [0.25, 0.3) is 0 Å². The molecule has 1 aliphatic rings. The molecule has 1 saturated carbocycles. The van der Waals surface area contributed by atoms with Crippen molar-refractivity contribution in [2.45, 2.75) is 31.4 Å². The van der Waals surface area contributed by atoms with Crippen LogP contribution in [0.3, 0.4) is 0 Å². The lowest BCUT2D eigenvalue weighted by Gasteiger charge is -2.16. The highest BCUT2D eigenvalue weighted by atomic mass is 16.3. The maximum Gasteiger partial charge on any atom is 0.213 e. The zero-order valence-electron chi connectivity index (χ0n) is 7.22. The van der Waals surface area contributed by atoms with Crippen LogP contribution in [0.1, 0.15) is 31.1 Å². The molecule has 0 bridgehead atoms. The number of aliphatic hydroxyl groups excluding tert-OH is 1. The van der Waals surface area contributed by atoms with Crippen molar-refractivity contribution in [2.24, 2.45) is 0 Å². The van der Waals surface area contributed by atoms with Gasteiger partial charge in [-0.25, -0.2) is 4.98 Å². The lowest BCUT2D eigenvalue weighted by molar-refractivity contribution is 0.136. The first-order valence-electron chi connectivity index (χ1n) is 4.44. The molecular formula is C9H11N3O. The molecule has 1 aromatic rings. The first kappa shape index (κ1) is 8.27. The standard InChI is InChI=1S/C9H11N3O/c10-6-9-11-4-5-12(9)7-2-1-3-8(7)13/h4-5,7-8,13H,1-3H2/t7-,8-/m0/s1. The average Bonchev–Trinajstić information content (AvgIpc) is 2.71. The van der Waals surface area contributed by atoms with Crippen LogP contribution in [0.25, 0.3) is 0 Å². The summed E-state index contributed by atoms with van der Waals surface area (Å²) in [6, 6.07) is 2.07. The van der Waals surface area contributed by atoms with Gasteiger partial charge in [0.1, 0.15) is 6.07 Å². The molecule has 0 saturated heterocycles. The summed E-state index contributed by atoms with van der Waals surface area (Å²) in [6.45, 7) is 0. The highest BCUT2D eigenvalue weighted by molar-refractivity contribution is 5.13. The van der Waals surface area contributed by atoms with Crippen molar-refractivity contribution in [3.05, 3.63) is 18.2 Å². The molecule has 1 fully saturated rings. The lowest BCUT2D eigenvalue weighted by Crippen LogP contribution is -2.18. The van der Waals surface area contributed by atoms with Crippen LogP contribution >= 0.6 is 0 Å². The zero-order chi connectivity index (χ0) is 9.26. The minimum Gasteiger partial charge on any atom is -0.391 e. The fraction of sp³-hybridized carbons (Fsp3) is 0.556. The van der Waals surface area contributed by atoms with Gasteiger partial charge in [0.2, 0.25) is 5.82 Å². The minimum atomic E-state index is -0.318. The highest BCUT2D eigenvalue weighted by Crippen LogP contribution is 2.30. The third kappa shape index (κ3) is 1.31. The summed E-state index contributed by atoms with van der Waals surface area (Å²) in [5, 5.41) is 18.4. The van der Waals surface area contributed by atoms with Gasteiger partial charge in [-0.15, -0.1) is 0 Å². The van der Waals surface area contributed by atoms with Crippen molar-refractivity contribution < 1.29 is 5.11 Å². The van der Waals surface area contributed by atoms with E-state index in [2.05, 4.69) is 4.98 Å². The molecule has 1 aromatic heterocycles. The molecule has 0 unspecified atom stereocenters.